The molecule has 1 spiro atoms. The third kappa shape index (κ3) is 2.84. The van der Waals surface area contributed by atoms with Crippen LogP contribution in [-0.4, -0.2) is 42.0 Å². The van der Waals surface area contributed by atoms with E-state index >= 15 is 0 Å². The molecule has 4 heteroatoms. The number of piperidine rings is 1. The van der Waals surface area contributed by atoms with Gasteiger partial charge in [0.15, 0.2) is 0 Å². The summed E-state index contributed by atoms with van der Waals surface area (Å²) >= 11 is 0. The van der Waals surface area contributed by atoms with Crippen molar-refractivity contribution in [2.45, 2.75) is 32.1 Å². The highest BCUT2D eigenvalue weighted by Crippen LogP contribution is 2.36. The van der Waals surface area contributed by atoms with E-state index in [1.165, 1.54) is 19.3 Å². The fourth-order valence-electron chi connectivity index (χ4n) is 3.38. The van der Waals surface area contributed by atoms with Crippen LogP contribution in [0.25, 0.3) is 0 Å². The van der Waals surface area contributed by atoms with Crippen molar-refractivity contribution in [3.63, 3.8) is 0 Å². The Kier molecular flexibility index (Phi) is 3.60. The molecule has 2 N–H and O–H groups in total. The van der Waals surface area contributed by atoms with Gasteiger partial charge in [0.1, 0.15) is 0 Å². The lowest BCUT2D eigenvalue weighted by molar-refractivity contribution is -0.133. The van der Waals surface area contributed by atoms with Gasteiger partial charge in [0.05, 0.1) is 0 Å². The molecule has 1 aromatic rings. The number of carbonyl (C=O) groups excluding carboxylic acids is 1. The Labute approximate surface area is 114 Å². The van der Waals surface area contributed by atoms with Crippen molar-refractivity contribution in [1.82, 2.24) is 15.2 Å². The molecule has 2 fully saturated rings. The maximum Gasteiger partial charge on any atom is 0.222 e. The number of nitrogens with one attached hydrogen (secondary N) is 2. The third-order valence-electron chi connectivity index (χ3n) is 4.78. The smallest absolute Gasteiger partial charge is 0.222 e. The standard InChI is InChI=1S/C15H23N3O/c19-14(4-3-13-2-1-8-17-13)18-10-6-15(7-11-18)5-9-16-12-15/h1-2,8,16-17H,3-7,9-12H2. The number of likely N-dealkylation sites (tertiary alicyclic amines) is 1. The normalized spacial score (nSPS) is 22.0. The molecule has 0 bridgehead atoms. The minimum absolute atomic E-state index is 0.315. The van der Waals surface area contributed by atoms with Crippen molar-refractivity contribution in [3.05, 3.63) is 24.0 Å². The third-order valence-corrected chi connectivity index (χ3v) is 4.78. The summed E-state index contributed by atoms with van der Waals surface area (Å²) in [5.74, 6) is 0.315. The highest BCUT2D eigenvalue weighted by molar-refractivity contribution is 5.76. The van der Waals surface area contributed by atoms with Gasteiger partial charge in [-0.05, 0) is 49.8 Å². The maximum atomic E-state index is 12.2. The number of aromatic nitrogens is 1. The van der Waals surface area contributed by atoms with E-state index in [0.717, 1.165) is 38.3 Å². The summed E-state index contributed by atoms with van der Waals surface area (Å²) in [5, 5.41) is 3.46. The number of carbonyl (C=O) groups is 1. The molecule has 3 rings (SSSR count). The van der Waals surface area contributed by atoms with E-state index in [1.807, 2.05) is 18.3 Å². The molecule has 1 aromatic heterocycles. The molecule has 104 valence electrons. The minimum Gasteiger partial charge on any atom is -0.365 e. The Hall–Kier alpha value is -1.29. The number of hydrogen-bond acceptors (Lipinski definition) is 2. The molecular weight excluding hydrogens is 238 g/mol. The van der Waals surface area contributed by atoms with E-state index in [4.69, 9.17) is 0 Å². The Balaban J connectivity index is 1.46. The van der Waals surface area contributed by atoms with Gasteiger partial charge < -0.3 is 15.2 Å². The summed E-state index contributed by atoms with van der Waals surface area (Å²) in [5.41, 5.74) is 1.65. The molecule has 0 saturated carbocycles. The van der Waals surface area contributed by atoms with Crippen molar-refractivity contribution in [1.29, 1.82) is 0 Å². The van der Waals surface area contributed by atoms with Gasteiger partial charge in [0.25, 0.3) is 0 Å². The maximum absolute atomic E-state index is 12.2. The molecular formula is C15H23N3O. The molecule has 0 aromatic carbocycles. The van der Waals surface area contributed by atoms with Crippen molar-refractivity contribution in [2.75, 3.05) is 26.2 Å². The zero-order chi connectivity index (χ0) is 13.1. The van der Waals surface area contributed by atoms with E-state index in [-0.39, 0.29) is 0 Å². The minimum atomic E-state index is 0.315. The number of aromatic amines is 1. The second-order valence-electron chi connectivity index (χ2n) is 6.00. The molecule has 0 aliphatic carbocycles. The fourth-order valence-corrected chi connectivity index (χ4v) is 3.38. The van der Waals surface area contributed by atoms with Gasteiger partial charge in [0, 0.05) is 37.9 Å². The molecule has 0 radical (unpaired) electrons. The first-order valence-electron chi connectivity index (χ1n) is 7.38. The van der Waals surface area contributed by atoms with Crippen LogP contribution in [0.15, 0.2) is 18.3 Å². The fraction of sp³-hybridized carbons (Fsp3) is 0.667. The monoisotopic (exact) mass is 261 g/mol. The van der Waals surface area contributed by atoms with E-state index < -0.39 is 0 Å². The molecule has 2 aliphatic rings. The van der Waals surface area contributed by atoms with Gasteiger partial charge in [-0.2, -0.15) is 0 Å². The van der Waals surface area contributed by atoms with Crippen molar-refractivity contribution < 1.29 is 4.79 Å². The first kappa shape index (κ1) is 12.7. The van der Waals surface area contributed by atoms with Crippen LogP contribution >= 0.6 is 0 Å². The van der Waals surface area contributed by atoms with Gasteiger partial charge in [-0.3, -0.25) is 4.79 Å². The molecule has 0 atom stereocenters. The summed E-state index contributed by atoms with van der Waals surface area (Å²) in [4.78, 5) is 17.4. The highest BCUT2D eigenvalue weighted by atomic mass is 16.2. The quantitative estimate of drug-likeness (QED) is 0.867. The lowest BCUT2D eigenvalue weighted by Crippen LogP contribution is -2.44. The predicted molar refractivity (Wildman–Crippen MR) is 74.8 cm³/mol. The average molecular weight is 261 g/mol. The van der Waals surface area contributed by atoms with E-state index in [9.17, 15) is 4.79 Å². The molecule has 1 amide bonds. The Morgan fingerprint density at radius 3 is 2.79 bits per heavy atom. The first-order chi connectivity index (χ1) is 9.27. The van der Waals surface area contributed by atoms with Crippen LogP contribution in [0, 0.1) is 5.41 Å². The second-order valence-corrected chi connectivity index (χ2v) is 6.00. The molecule has 4 nitrogen and oxygen atoms in total. The second kappa shape index (κ2) is 5.37. The average Bonchev–Trinajstić information content (AvgIpc) is 3.09. The summed E-state index contributed by atoms with van der Waals surface area (Å²) in [7, 11) is 0. The van der Waals surface area contributed by atoms with Gasteiger partial charge >= 0.3 is 0 Å². The molecule has 2 saturated heterocycles. The number of nitrogens with zero attached hydrogens (tertiary/aromatic N) is 1. The lowest BCUT2D eigenvalue weighted by Gasteiger charge is -2.39. The van der Waals surface area contributed by atoms with Crippen LogP contribution in [-0.2, 0) is 11.2 Å². The van der Waals surface area contributed by atoms with Crippen molar-refractivity contribution >= 4 is 5.91 Å². The summed E-state index contributed by atoms with van der Waals surface area (Å²) in [6.45, 7) is 4.20. The number of rotatable bonds is 3. The van der Waals surface area contributed by atoms with Gasteiger partial charge in [0.2, 0.25) is 5.91 Å². The topological polar surface area (TPSA) is 48.1 Å². The van der Waals surface area contributed by atoms with E-state index in [2.05, 4.69) is 15.2 Å². The Morgan fingerprint density at radius 2 is 2.16 bits per heavy atom. The van der Waals surface area contributed by atoms with Crippen LogP contribution in [0.1, 0.15) is 31.4 Å². The van der Waals surface area contributed by atoms with Crippen molar-refractivity contribution in [2.24, 2.45) is 5.41 Å². The van der Waals surface area contributed by atoms with Crippen molar-refractivity contribution in [3.8, 4) is 0 Å². The number of aryl methyl sites for hydroxylation is 1. The van der Waals surface area contributed by atoms with Gasteiger partial charge in [-0.15, -0.1) is 0 Å². The number of H-pyrrole nitrogens is 1. The van der Waals surface area contributed by atoms with E-state index in [0.29, 0.717) is 17.7 Å². The van der Waals surface area contributed by atoms with Gasteiger partial charge in [-0.1, -0.05) is 0 Å². The summed E-state index contributed by atoms with van der Waals surface area (Å²) < 4.78 is 0. The van der Waals surface area contributed by atoms with Crippen LogP contribution in [0.5, 0.6) is 0 Å². The highest BCUT2D eigenvalue weighted by Gasteiger charge is 2.37. The number of amides is 1. The molecule has 2 aliphatic heterocycles. The summed E-state index contributed by atoms with van der Waals surface area (Å²) in [6, 6.07) is 4.03. The Bertz CT molecular complexity index is 411. The molecule has 3 heterocycles. The molecule has 0 unspecified atom stereocenters. The van der Waals surface area contributed by atoms with Crippen LogP contribution < -0.4 is 5.32 Å². The summed E-state index contributed by atoms with van der Waals surface area (Å²) in [6.07, 6.45) is 7.01. The van der Waals surface area contributed by atoms with Gasteiger partial charge in [-0.25, -0.2) is 0 Å². The SMILES string of the molecule is O=C(CCc1ccc[nH]1)N1CCC2(CCNC2)CC1. The first-order valence-corrected chi connectivity index (χ1v) is 7.38. The lowest BCUT2D eigenvalue weighted by atomic mass is 9.78. The van der Waals surface area contributed by atoms with Crippen LogP contribution in [0.3, 0.4) is 0 Å². The zero-order valence-electron chi connectivity index (χ0n) is 11.5. The Morgan fingerprint density at radius 1 is 1.32 bits per heavy atom. The predicted octanol–water partition coefficient (Wildman–Crippen LogP) is 1.55. The number of hydrogen-bond donors (Lipinski definition) is 2. The molecule has 19 heavy (non-hydrogen) atoms. The zero-order valence-corrected chi connectivity index (χ0v) is 11.5. The largest absolute Gasteiger partial charge is 0.365 e. The van der Waals surface area contributed by atoms with E-state index in [1.54, 1.807) is 0 Å². The van der Waals surface area contributed by atoms with Crippen LogP contribution in [0.4, 0.5) is 0 Å². The van der Waals surface area contributed by atoms with Crippen LogP contribution in [0.2, 0.25) is 0 Å².